The van der Waals surface area contributed by atoms with Crippen molar-refractivity contribution in [3.63, 3.8) is 0 Å². The van der Waals surface area contributed by atoms with Gasteiger partial charge in [-0.15, -0.1) is 0 Å². The molecular weight excluding hydrogens is 370 g/mol. The Balaban J connectivity index is 2.04. The number of para-hydroxylation sites is 2. The summed E-state index contributed by atoms with van der Waals surface area (Å²) >= 11 is 0. The predicted octanol–water partition coefficient (Wildman–Crippen LogP) is 4.70. The molecule has 1 heterocycles. The van der Waals surface area contributed by atoms with Crippen molar-refractivity contribution >= 4 is 11.6 Å². The summed E-state index contributed by atoms with van der Waals surface area (Å²) in [7, 11) is 0. The predicted molar refractivity (Wildman–Crippen MR) is 113 cm³/mol. The minimum absolute atomic E-state index is 0.0470. The zero-order valence-electron chi connectivity index (χ0n) is 17.6. The maximum absolute atomic E-state index is 13.5. The van der Waals surface area contributed by atoms with Crippen molar-refractivity contribution in [2.24, 2.45) is 0 Å². The quantitative estimate of drug-likeness (QED) is 0.644. The first-order valence-corrected chi connectivity index (χ1v) is 10.3. The Hall–Kier alpha value is -2.89. The molecule has 0 aromatic heterocycles. The molecule has 2 aromatic rings. The normalized spacial score (nSPS) is 15.3. The lowest BCUT2D eigenvalue weighted by molar-refractivity contribution is 0.0953. The second-order valence-electron chi connectivity index (χ2n) is 6.63. The summed E-state index contributed by atoms with van der Waals surface area (Å²) in [5, 5.41) is 0. The van der Waals surface area contributed by atoms with Crippen molar-refractivity contribution in [1.82, 2.24) is 0 Å². The molecule has 1 aliphatic heterocycles. The number of benzene rings is 2. The largest absolute Gasteiger partial charge is 0.490 e. The first kappa shape index (κ1) is 20.8. The highest BCUT2D eigenvalue weighted by Gasteiger charge is 2.30. The van der Waals surface area contributed by atoms with Crippen LogP contribution in [-0.4, -0.2) is 38.4 Å². The number of ether oxygens (including phenoxy) is 4. The smallest absolute Gasteiger partial charge is 0.258 e. The molecule has 6 nitrogen and oxygen atoms in total. The summed E-state index contributed by atoms with van der Waals surface area (Å²) in [4.78, 5) is 15.3. The third-order valence-electron chi connectivity index (χ3n) is 4.69. The van der Waals surface area contributed by atoms with Gasteiger partial charge in [-0.25, -0.2) is 0 Å². The van der Waals surface area contributed by atoms with E-state index in [-0.39, 0.29) is 12.0 Å². The van der Waals surface area contributed by atoms with Crippen LogP contribution in [0.4, 0.5) is 5.69 Å². The molecule has 0 saturated heterocycles. The van der Waals surface area contributed by atoms with Gasteiger partial charge in [-0.1, -0.05) is 19.1 Å². The van der Waals surface area contributed by atoms with E-state index in [9.17, 15) is 4.79 Å². The van der Waals surface area contributed by atoms with Crippen LogP contribution in [0.25, 0.3) is 0 Å². The van der Waals surface area contributed by atoms with Crippen LogP contribution in [0, 0.1) is 0 Å². The molecule has 29 heavy (non-hydrogen) atoms. The van der Waals surface area contributed by atoms with E-state index in [1.807, 2.05) is 45.0 Å². The standard InChI is InChI=1S/C23H29NO5/c1-5-17-15-24(18-11-9-10-12-19(18)29-17)23(25)16-13-20(26-6-2)22(28-8-4)21(14-16)27-7-3/h9-14,17H,5-8,15H2,1-4H3. The van der Waals surface area contributed by atoms with Crippen molar-refractivity contribution in [3.05, 3.63) is 42.0 Å². The number of amides is 1. The average molecular weight is 399 g/mol. The fourth-order valence-electron chi connectivity index (χ4n) is 3.37. The van der Waals surface area contributed by atoms with Crippen LogP contribution in [-0.2, 0) is 0 Å². The van der Waals surface area contributed by atoms with Gasteiger partial charge < -0.3 is 23.8 Å². The number of nitrogens with zero attached hydrogens (tertiary/aromatic N) is 1. The van der Waals surface area contributed by atoms with E-state index in [0.717, 1.165) is 17.9 Å². The van der Waals surface area contributed by atoms with E-state index in [2.05, 4.69) is 6.92 Å². The number of hydrogen-bond acceptors (Lipinski definition) is 5. The minimum Gasteiger partial charge on any atom is -0.490 e. The third-order valence-corrected chi connectivity index (χ3v) is 4.69. The number of anilines is 1. The summed E-state index contributed by atoms with van der Waals surface area (Å²) in [6, 6.07) is 11.1. The number of hydrogen-bond donors (Lipinski definition) is 0. The maximum atomic E-state index is 13.5. The molecule has 1 unspecified atom stereocenters. The van der Waals surface area contributed by atoms with E-state index >= 15 is 0 Å². The molecule has 0 saturated carbocycles. The number of carbonyl (C=O) groups excluding carboxylic acids is 1. The Bertz CT molecular complexity index is 824. The molecule has 6 heteroatoms. The lowest BCUT2D eigenvalue weighted by Gasteiger charge is -2.34. The zero-order chi connectivity index (χ0) is 20.8. The van der Waals surface area contributed by atoms with Crippen LogP contribution in [0.5, 0.6) is 23.0 Å². The Kier molecular flexibility index (Phi) is 6.86. The van der Waals surface area contributed by atoms with Gasteiger partial charge in [0.2, 0.25) is 5.75 Å². The van der Waals surface area contributed by atoms with Crippen molar-refractivity contribution in [3.8, 4) is 23.0 Å². The topological polar surface area (TPSA) is 57.2 Å². The molecule has 0 fully saturated rings. The van der Waals surface area contributed by atoms with Gasteiger partial charge in [0.25, 0.3) is 5.91 Å². The van der Waals surface area contributed by atoms with Gasteiger partial charge in [-0.2, -0.15) is 0 Å². The summed E-state index contributed by atoms with van der Waals surface area (Å²) in [5.74, 6) is 2.15. The maximum Gasteiger partial charge on any atom is 0.258 e. The molecule has 3 rings (SSSR count). The Morgan fingerprint density at radius 2 is 1.62 bits per heavy atom. The van der Waals surface area contributed by atoms with Crippen molar-refractivity contribution in [1.29, 1.82) is 0 Å². The molecule has 2 aromatic carbocycles. The van der Waals surface area contributed by atoms with E-state index in [1.54, 1.807) is 17.0 Å². The molecule has 0 spiro atoms. The second-order valence-corrected chi connectivity index (χ2v) is 6.63. The summed E-state index contributed by atoms with van der Waals surface area (Å²) < 4.78 is 23.3. The first-order chi connectivity index (χ1) is 14.1. The number of carbonyl (C=O) groups is 1. The van der Waals surface area contributed by atoms with Gasteiger partial charge in [-0.3, -0.25) is 4.79 Å². The number of rotatable bonds is 8. The van der Waals surface area contributed by atoms with Gasteiger partial charge in [0.05, 0.1) is 32.1 Å². The Morgan fingerprint density at radius 3 is 2.21 bits per heavy atom. The van der Waals surface area contributed by atoms with Gasteiger partial charge in [0, 0.05) is 5.56 Å². The molecule has 1 aliphatic rings. The minimum atomic E-state index is -0.121. The van der Waals surface area contributed by atoms with E-state index in [0.29, 0.717) is 49.2 Å². The zero-order valence-corrected chi connectivity index (χ0v) is 17.6. The number of fused-ring (bicyclic) bond motifs is 1. The molecule has 1 amide bonds. The van der Waals surface area contributed by atoms with Crippen LogP contribution in [0.1, 0.15) is 44.5 Å². The monoisotopic (exact) mass is 399 g/mol. The molecule has 0 radical (unpaired) electrons. The second kappa shape index (κ2) is 9.54. The van der Waals surface area contributed by atoms with E-state index < -0.39 is 0 Å². The van der Waals surface area contributed by atoms with Crippen LogP contribution in [0.3, 0.4) is 0 Å². The van der Waals surface area contributed by atoms with Gasteiger partial charge >= 0.3 is 0 Å². The fraction of sp³-hybridized carbons (Fsp3) is 0.435. The van der Waals surface area contributed by atoms with Crippen LogP contribution in [0.15, 0.2) is 36.4 Å². The molecule has 0 bridgehead atoms. The molecule has 156 valence electrons. The summed E-state index contributed by atoms with van der Waals surface area (Å²) in [5.41, 5.74) is 1.26. The van der Waals surface area contributed by atoms with Gasteiger partial charge in [0.15, 0.2) is 11.5 Å². The van der Waals surface area contributed by atoms with Gasteiger partial charge in [-0.05, 0) is 51.5 Å². The van der Waals surface area contributed by atoms with Crippen molar-refractivity contribution < 1.29 is 23.7 Å². The van der Waals surface area contributed by atoms with Crippen LogP contribution < -0.4 is 23.8 Å². The fourth-order valence-corrected chi connectivity index (χ4v) is 3.37. The van der Waals surface area contributed by atoms with Crippen LogP contribution >= 0.6 is 0 Å². The lowest BCUT2D eigenvalue weighted by atomic mass is 10.1. The summed E-state index contributed by atoms with van der Waals surface area (Å²) in [6.07, 6.45) is 0.768. The van der Waals surface area contributed by atoms with Gasteiger partial charge in [0.1, 0.15) is 11.9 Å². The molecule has 0 aliphatic carbocycles. The van der Waals surface area contributed by atoms with E-state index in [4.69, 9.17) is 18.9 Å². The summed E-state index contributed by atoms with van der Waals surface area (Å²) in [6.45, 7) is 9.64. The SMILES string of the molecule is CCOc1cc(C(=O)N2CC(CC)Oc3ccccc32)cc(OCC)c1OCC. The highest BCUT2D eigenvalue weighted by atomic mass is 16.5. The Morgan fingerprint density at radius 1 is 1.00 bits per heavy atom. The molecule has 1 atom stereocenters. The lowest BCUT2D eigenvalue weighted by Crippen LogP contribution is -2.43. The Labute approximate surface area is 172 Å². The highest BCUT2D eigenvalue weighted by Crippen LogP contribution is 2.41. The highest BCUT2D eigenvalue weighted by molar-refractivity contribution is 6.08. The van der Waals surface area contributed by atoms with E-state index in [1.165, 1.54) is 0 Å². The van der Waals surface area contributed by atoms with Crippen molar-refractivity contribution in [2.45, 2.75) is 40.2 Å². The third kappa shape index (κ3) is 4.42. The molecular formula is C23H29NO5. The molecule has 0 N–H and O–H groups in total. The average Bonchev–Trinajstić information content (AvgIpc) is 2.74. The van der Waals surface area contributed by atoms with Crippen LogP contribution in [0.2, 0.25) is 0 Å². The first-order valence-electron chi connectivity index (χ1n) is 10.3. The van der Waals surface area contributed by atoms with Crippen molar-refractivity contribution in [2.75, 3.05) is 31.3 Å².